The van der Waals surface area contributed by atoms with Gasteiger partial charge in [-0.2, -0.15) is 5.10 Å². The number of hydrogen-bond donors (Lipinski definition) is 1. The molecule has 1 aliphatic rings. The molecule has 0 atom stereocenters. The van der Waals surface area contributed by atoms with Gasteiger partial charge in [0.1, 0.15) is 0 Å². The monoisotopic (exact) mass is 291 g/mol. The van der Waals surface area contributed by atoms with Crippen LogP contribution in [0.25, 0.3) is 0 Å². The third-order valence-electron chi connectivity index (χ3n) is 3.72. The average Bonchev–Trinajstić information content (AvgIpc) is 2.48. The zero-order valence-electron chi connectivity index (χ0n) is 13.0. The van der Waals surface area contributed by atoms with Crippen LogP contribution < -0.4 is 15.8 Å². The molecule has 1 saturated heterocycles. The largest absolute Gasteiger partial charge is 0.368 e. The van der Waals surface area contributed by atoms with Crippen molar-refractivity contribution in [2.75, 3.05) is 51.2 Å². The lowest BCUT2D eigenvalue weighted by atomic mass is 10.3. The zero-order chi connectivity index (χ0) is 15.2. The predicted molar refractivity (Wildman–Crippen MR) is 85.9 cm³/mol. The van der Waals surface area contributed by atoms with Crippen molar-refractivity contribution in [3.63, 3.8) is 0 Å². The Morgan fingerprint density at radius 1 is 1.38 bits per heavy atom. The van der Waals surface area contributed by atoms with Gasteiger partial charge in [0.05, 0.1) is 18.4 Å². The summed E-state index contributed by atoms with van der Waals surface area (Å²) in [7, 11) is 2.11. The Kier molecular flexibility index (Phi) is 5.52. The maximum Gasteiger partial charge on any atom is 0.269 e. The lowest BCUT2D eigenvalue weighted by Crippen LogP contribution is -2.45. The molecule has 0 amide bonds. The highest BCUT2D eigenvalue weighted by atomic mass is 16.1. The van der Waals surface area contributed by atoms with Crippen molar-refractivity contribution >= 4 is 5.69 Å². The summed E-state index contributed by atoms with van der Waals surface area (Å²) in [6, 6.07) is 1.68. The predicted octanol–water partition coefficient (Wildman–Crippen LogP) is 0.161. The summed E-state index contributed by atoms with van der Waals surface area (Å²) >= 11 is 0. The molecule has 2 heterocycles. The van der Waals surface area contributed by atoms with Gasteiger partial charge in [-0.15, -0.1) is 0 Å². The summed E-state index contributed by atoms with van der Waals surface area (Å²) in [5, 5.41) is 7.48. The number of anilines is 1. The molecule has 0 saturated carbocycles. The Labute approximate surface area is 126 Å². The van der Waals surface area contributed by atoms with Crippen LogP contribution in [0.1, 0.15) is 6.92 Å². The maximum absolute atomic E-state index is 12.2. The quantitative estimate of drug-likeness (QED) is 0.757. The van der Waals surface area contributed by atoms with E-state index in [1.54, 1.807) is 12.3 Å². The van der Waals surface area contributed by atoms with E-state index in [4.69, 9.17) is 0 Å². The van der Waals surface area contributed by atoms with Crippen molar-refractivity contribution in [2.24, 2.45) is 0 Å². The van der Waals surface area contributed by atoms with Crippen molar-refractivity contribution in [2.45, 2.75) is 13.5 Å². The molecule has 1 aliphatic heterocycles. The second-order valence-corrected chi connectivity index (χ2v) is 5.53. The minimum absolute atomic E-state index is 0.0657. The molecule has 21 heavy (non-hydrogen) atoms. The Balaban J connectivity index is 2.00. The third kappa shape index (κ3) is 4.41. The van der Waals surface area contributed by atoms with Gasteiger partial charge in [0, 0.05) is 38.8 Å². The van der Waals surface area contributed by atoms with E-state index in [9.17, 15) is 4.79 Å². The molecule has 6 heteroatoms. The summed E-state index contributed by atoms with van der Waals surface area (Å²) in [6.45, 7) is 12.0. The van der Waals surface area contributed by atoms with Crippen molar-refractivity contribution in [1.29, 1.82) is 0 Å². The van der Waals surface area contributed by atoms with Crippen molar-refractivity contribution < 1.29 is 0 Å². The average molecular weight is 291 g/mol. The molecule has 116 valence electrons. The van der Waals surface area contributed by atoms with E-state index < -0.39 is 0 Å². The van der Waals surface area contributed by atoms with Gasteiger partial charge < -0.3 is 15.1 Å². The highest BCUT2D eigenvalue weighted by Crippen LogP contribution is 2.12. The van der Waals surface area contributed by atoms with Crippen LogP contribution in [0, 0.1) is 0 Å². The molecular formula is C15H25N5O. The van der Waals surface area contributed by atoms with E-state index in [-0.39, 0.29) is 5.56 Å². The number of nitrogens with one attached hydrogen (secondary N) is 1. The van der Waals surface area contributed by atoms with E-state index in [2.05, 4.69) is 33.8 Å². The van der Waals surface area contributed by atoms with E-state index in [1.165, 1.54) is 4.68 Å². The van der Waals surface area contributed by atoms with Crippen LogP contribution >= 0.6 is 0 Å². The van der Waals surface area contributed by atoms with Gasteiger partial charge in [0.15, 0.2) is 0 Å². The van der Waals surface area contributed by atoms with E-state index in [1.807, 2.05) is 6.92 Å². The molecule has 0 spiro atoms. The number of likely N-dealkylation sites (N-methyl/N-ethyl adjacent to an activating group) is 2. The number of hydrogen-bond acceptors (Lipinski definition) is 5. The van der Waals surface area contributed by atoms with Gasteiger partial charge in [0.2, 0.25) is 0 Å². The van der Waals surface area contributed by atoms with Crippen molar-refractivity contribution in [1.82, 2.24) is 20.0 Å². The van der Waals surface area contributed by atoms with Gasteiger partial charge in [-0.05, 0) is 19.2 Å². The highest BCUT2D eigenvalue weighted by Gasteiger charge is 2.15. The van der Waals surface area contributed by atoms with Crippen LogP contribution in [0.5, 0.6) is 0 Å². The Morgan fingerprint density at radius 2 is 2.10 bits per heavy atom. The number of nitrogens with zero attached hydrogens (tertiary/aromatic N) is 4. The van der Waals surface area contributed by atoms with Gasteiger partial charge >= 0.3 is 0 Å². The van der Waals surface area contributed by atoms with Gasteiger partial charge in [-0.3, -0.25) is 4.79 Å². The fraction of sp³-hybridized carbons (Fsp3) is 0.600. The van der Waals surface area contributed by atoms with Gasteiger partial charge in [0.25, 0.3) is 5.56 Å². The summed E-state index contributed by atoms with van der Waals surface area (Å²) in [4.78, 5) is 16.7. The molecular weight excluding hydrogens is 266 g/mol. The Hall–Kier alpha value is -1.66. The third-order valence-corrected chi connectivity index (χ3v) is 3.72. The SMILES string of the molecule is C=C(CNCC)Cn1ncc(N2CCN(C)CC2)cc1=O. The molecule has 2 rings (SSSR count). The Bertz CT molecular complexity index is 531. The number of rotatable bonds is 6. The molecule has 0 radical (unpaired) electrons. The smallest absolute Gasteiger partial charge is 0.269 e. The molecule has 1 N–H and O–H groups in total. The van der Waals surface area contributed by atoms with Crippen molar-refractivity contribution in [3.8, 4) is 0 Å². The lowest BCUT2D eigenvalue weighted by molar-refractivity contribution is 0.312. The molecule has 0 aliphatic carbocycles. The first-order valence-electron chi connectivity index (χ1n) is 7.48. The van der Waals surface area contributed by atoms with E-state index in [0.29, 0.717) is 13.1 Å². The molecule has 0 bridgehead atoms. The van der Waals surface area contributed by atoms with Crippen LogP contribution in [0.4, 0.5) is 5.69 Å². The maximum atomic E-state index is 12.2. The summed E-state index contributed by atoms with van der Waals surface area (Å²) in [5.41, 5.74) is 1.81. The fourth-order valence-corrected chi connectivity index (χ4v) is 2.35. The first kappa shape index (κ1) is 15.7. The molecule has 6 nitrogen and oxygen atoms in total. The lowest BCUT2D eigenvalue weighted by Gasteiger charge is -2.33. The minimum atomic E-state index is -0.0657. The highest BCUT2D eigenvalue weighted by molar-refractivity contribution is 5.43. The summed E-state index contributed by atoms with van der Waals surface area (Å²) in [6.07, 6.45) is 1.78. The summed E-state index contributed by atoms with van der Waals surface area (Å²) < 4.78 is 1.47. The topological polar surface area (TPSA) is 53.4 Å². The van der Waals surface area contributed by atoms with Crippen LogP contribution in [0.3, 0.4) is 0 Å². The van der Waals surface area contributed by atoms with Crippen LogP contribution in [-0.2, 0) is 6.54 Å². The minimum Gasteiger partial charge on any atom is -0.368 e. The summed E-state index contributed by atoms with van der Waals surface area (Å²) in [5.74, 6) is 0. The normalized spacial score (nSPS) is 16.2. The molecule has 1 fully saturated rings. The number of piperazine rings is 1. The van der Waals surface area contributed by atoms with Crippen LogP contribution in [-0.4, -0.2) is 61.0 Å². The molecule has 0 aromatic carbocycles. The van der Waals surface area contributed by atoms with Gasteiger partial charge in [-0.1, -0.05) is 13.5 Å². The van der Waals surface area contributed by atoms with Crippen LogP contribution in [0.2, 0.25) is 0 Å². The molecule has 1 aromatic heterocycles. The Morgan fingerprint density at radius 3 is 2.71 bits per heavy atom. The van der Waals surface area contributed by atoms with Crippen molar-refractivity contribution in [3.05, 3.63) is 34.8 Å². The molecule has 1 aromatic rings. The second kappa shape index (κ2) is 7.38. The van der Waals surface area contributed by atoms with E-state index >= 15 is 0 Å². The standard InChI is InChI=1S/C15H25N5O/c1-4-16-10-13(2)12-20-15(21)9-14(11-17-20)19-7-5-18(3)6-8-19/h9,11,16H,2,4-8,10,12H2,1,3H3. The number of aromatic nitrogens is 2. The first-order valence-corrected chi connectivity index (χ1v) is 7.48. The van der Waals surface area contributed by atoms with Gasteiger partial charge in [-0.25, -0.2) is 4.68 Å². The zero-order valence-corrected chi connectivity index (χ0v) is 13.0. The first-order chi connectivity index (χ1) is 10.1. The molecule has 0 unspecified atom stereocenters. The van der Waals surface area contributed by atoms with E-state index in [0.717, 1.165) is 44.0 Å². The fourth-order valence-electron chi connectivity index (χ4n) is 2.35. The second-order valence-electron chi connectivity index (χ2n) is 5.53. The van der Waals surface area contributed by atoms with Crippen LogP contribution in [0.15, 0.2) is 29.2 Å².